The van der Waals surface area contributed by atoms with Crippen molar-refractivity contribution in [2.24, 2.45) is 5.92 Å². The molecule has 1 aromatic carbocycles. The van der Waals surface area contributed by atoms with Gasteiger partial charge in [-0.1, -0.05) is 18.2 Å². The molecule has 0 spiro atoms. The lowest BCUT2D eigenvalue weighted by atomic mass is 9.95. The maximum atomic E-state index is 13.0. The number of hydrogen-bond donors (Lipinski definition) is 1. The number of likely N-dealkylation sites (tertiary alicyclic amines) is 1. The summed E-state index contributed by atoms with van der Waals surface area (Å²) in [7, 11) is 0. The predicted octanol–water partition coefficient (Wildman–Crippen LogP) is 2.32. The first kappa shape index (κ1) is 18.3. The molecule has 144 valence electrons. The second kappa shape index (κ2) is 7.19. The number of hydrogen-bond acceptors (Lipinski definition) is 4. The first-order valence-electron chi connectivity index (χ1n) is 9.59. The van der Waals surface area contributed by atoms with Gasteiger partial charge in [-0.3, -0.25) is 14.4 Å². The molecule has 27 heavy (non-hydrogen) atoms. The molecule has 0 aromatic heterocycles. The Bertz CT molecular complexity index is 748. The maximum absolute atomic E-state index is 13.0. The molecular formula is C20H25N3O3S. The van der Waals surface area contributed by atoms with E-state index < -0.39 is 0 Å². The van der Waals surface area contributed by atoms with Gasteiger partial charge in [0.05, 0.1) is 4.87 Å². The molecule has 1 aromatic rings. The fraction of sp³-hybridized carbons (Fsp3) is 0.550. The average molecular weight is 388 g/mol. The van der Waals surface area contributed by atoms with Crippen LogP contribution in [0, 0.1) is 5.92 Å². The predicted molar refractivity (Wildman–Crippen MR) is 105 cm³/mol. The van der Waals surface area contributed by atoms with Crippen LogP contribution in [0.4, 0.5) is 5.69 Å². The second-order valence-corrected chi connectivity index (χ2v) is 9.22. The van der Waals surface area contributed by atoms with Gasteiger partial charge in [0, 0.05) is 36.9 Å². The largest absolute Gasteiger partial charge is 0.341 e. The Morgan fingerprint density at radius 1 is 1.19 bits per heavy atom. The molecular weight excluding hydrogens is 362 g/mol. The molecule has 0 aliphatic carbocycles. The standard InChI is InChI=1S/C20H25N3O3S/c1-20-10-7-17(24)23(20)16(13-27-20)19(26)22-11-8-14(9-12-22)18(25)21-15-5-3-2-4-6-15/h2-6,14,16H,7-13H2,1H3,(H,21,25)/t16-,20-/m1/s1. The second-order valence-electron chi connectivity index (χ2n) is 7.72. The zero-order chi connectivity index (χ0) is 19.0. The molecule has 0 saturated carbocycles. The van der Waals surface area contributed by atoms with Crippen LogP contribution in [0.15, 0.2) is 30.3 Å². The topological polar surface area (TPSA) is 69.7 Å². The molecule has 7 heteroatoms. The van der Waals surface area contributed by atoms with Crippen molar-refractivity contribution in [2.75, 3.05) is 24.2 Å². The summed E-state index contributed by atoms with van der Waals surface area (Å²) in [5, 5.41) is 2.95. The number of amides is 3. The number of anilines is 1. The summed E-state index contributed by atoms with van der Waals surface area (Å²) in [5.41, 5.74) is 0.802. The van der Waals surface area contributed by atoms with Gasteiger partial charge in [-0.25, -0.2) is 0 Å². The van der Waals surface area contributed by atoms with Crippen LogP contribution in [0.5, 0.6) is 0 Å². The van der Waals surface area contributed by atoms with E-state index in [-0.39, 0.29) is 34.6 Å². The van der Waals surface area contributed by atoms with Gasteiger partial charge in [0.2, 0.25) is 17.7 Å². The van der Waals surface area contributed by atoms with Crippen molar-refractivity contribution in [1.82, 2.24) is 9.80 Å². The number of benzene rings is 1. The number of thioether (sulfide) groups is 1. The third-order valence-electron chi connectivity index (χ3n) is 5.95. The Labute approximate surface area is 163 Å². The molecule has 0 radical (unpaired) electrons. The van der Waals surface area contributed by atoms with E-state index in [4.69, 9.17) is 0 Å². The van der Waals surface area contributed by atoms with E-state index in [1.807, 2.05) is 40.1 Å². The van der Waals surface area contributed by atoms with Gasteiger partial charge in [-0.05, 0) is 38.3 Å². The quantitative estimate of drug-likeness (QED) is 0.864. The number of carbonyl (C=O) groups is 3. The minimum atomic E-state index is -0.343. The van der Waals surface area contributed by atoms with Crippen molar-refractivity contribution in [3.8, 4) is 0 Å². The lowest BCUT2D eigenvalue weighted by Gasteiger charge is -2.36. The van der Waals surface area contributed by atoms with Crippen molar-refractivity contribution < 1.29 is 14.4 Å². The number of piperidine rings is 1. The van der Waals surface area contributed by atoms with Crippen LogP contribution in [-0.2, 0) is 14.4 Å². The number of carbonyl (C=O) groups excluding carboxylic acids is 3. The SMILES string of the molecule is C[C@@]12CCC(=O)N1[C@@H](C(=O)N1CCC(C(=O)Nc3ccccc3)CC1)CS2. The van der Waals surface area contributed by atoms with Gasteiger partial charge in [0.15, 0.2) is 0 Å². The van der Waals surface area contributed by atoms with Gasteiger partial charge in [-0.2, -0.15) is 0 Å². The van der Waals surface area contributed by atoms with E-state index >= 15 is 0 Å². The summed E-state index contributed by atoms with van der Waals surface area (Å²) in [6.07, 6.45) is 2.68. The molecule has 6 nitrogen and oxygen atoms in total. The van der Waals surface area contributed by atoms with E-state index in [1.54, 1.807) is 11.8 Å². The summed E-state index contributed by atoms with van der Waals surface area (Å²) in [6, 6.07) is 9.10. The van der Waals surface area contributed by atoms with Crippen LogP contribution in [-0.4, -0.2) is 57.3 Å². The van der Waals surface area contributed by atoms with Crippen molar-refractivity contribution in [1.29, 1.82) is 0 Å². The van der Waals surface area contributed by atoms with E-state index in [9.17, 15) is 14.4 Å². The molecule has 3 amide bonds. The Hall–Kier alpha value is -2.02. The zero-order valence-electron chi connectivity index (χ0n) is 15.5. The first-order valence-corrected chi connectivity index (χ1v) is 10.6. The Morgan fingerprint density at radius 2 is 1.89 bits per heavy atom. The average Bonchev–Trinajstić information content (AvgIpc) is 3.18. The molecule has 0 bridgehead atoms. The molecule has 0 unspecified atom stereocenters. The van der Waals surface area contributed by atoms with Crippen molar-refractivity contribution in [3.63, 3.8) is 0 Å². The number of rotatable bonds is 3. The van der Waals surface area contributed by atoms with E-state index in [2.05, 4.69) is 12.2 Å². The summed E-state index contributed by atoms with van der Waals surface area (Å²) < 4.78 is 0. The Morgan fingerprint density at radius 3 is 2.59 bits per heavy atom. The fourth-order valence-electron chi connectivity index (χ4n) is 4.34. The highest BCUT2D eigenvalue weighted by atomic mass is 32.2. The van der Waals surface area contributed by atoms with E-state index in [1.165, 1.54) is 0 Å². The maximum Gasteiger partial charge on any atom is 0.246 e. The van der Waals surface area contributed by atoms with Gasteiger partial charge < -0.3 is 15.1 Å². The minimum Gasteiger partial charge on any atom is -0.341 e. The van der Waals surface area contributed by atoms with Crippen LogP contribution >= 0.6 is 11.8 Å². The third-order valence-corrected chi connectivity index (χ3v) is 7.45. The Kier molecular flexibility index (Phi) is 4.88. The van der Waals surface area contributed by atoms with Crippen molar-refractivity contribution in [2.45, 2.75) is 43.5 Å². The summed E-state index contributed by atoms with van der Waals surface area (Å²) in [5.74, 6) is 0.759. The van der Waals surface area contributed by atoms with Crippen LogP contribution in [0.2, 0.25) is 0 Å². The van der Waals surface area contributed by atoms with Gasteiger partial charge in [0.1, 0.15) is 6.04 Å². The van der Waals surface area contributed by atoms with Crippen molar-refractivity contribution >= 4 is 35.2 Å². The smallest absolute Gasteiger partial charge is 0.246 e. The van der Waals surface area contributed by atoms with Gasteiger partial charge in [0.25, 0.3) is 0 Å². The monoisotopic (exact) mass is 387 g/mol. The normalized spacial score (nSPS) is 28.3. The van der Waals surface area contributed by atoms with Gasteiger partial charge >= 0.3 is 0 Å². The number of fused-ring (bicyclic) bond motifs is 1. The highest BCUT2D eigenvalue weighted by Crippen LogP contribution is 2.47. The molecule has 1 N–H and O–H groups in total. The molecule has 4 rings (SSSR count). The van der Waals surface area contributed by atoms with Crippen molar-refractivity contribution in [3.05, 3.63) is 30.3 Å². The Balaban J connectivity index is 1.33. The highest BCUT2D eigenvalue weighted by Gasteiger charge is 2.53. The van der Waals surface area contributed by atoms with E-state index in [0.29, 0.717) is 38.1 Å². The van der Waals surface area contributed by atoms with E-state index in [0.717, 1.165) is 12.1 Å². The highest BCUT2D eigenvalue weighted by molar-refractivity contribution is 8.01. The van der Waals surface area contributed by atoms with Crippen LogP contribution < -0.4 is 5.32 Å². The van der Waals surface area contributed by atoms with Crippen LogP contribution in [0.1, 0.15) is 32.6 Å². The summed E-state index contributed by atoms with van der Waals surface area (Å²) >= 11 is 1.72. The number of para-hydroxylation sites is 1. The minimum absolute atomic E-state index is 0.0204. The summed E-state index contributed by atoms with van der Waals surface area (Å²) in [6.45, 7) is 3.22. The number of nitrogens with one attached hydrogen (secondary N) is 1. The molecule has 3 heterocycles. The number of nitrogens with zero attached hydrogens (tertiary/aromatic N) is 2. The van der Waals surface area contributed by atoms with Gasteiger partial charge in [-0.15, -0.1) is 11.8 Å². The lowest BCUT2D eigenvalue weighted by molar-refractivity contribution is -0.145. The molecule has 3 saturated heterocycles. The molecule has 3 aliphatic rings. The van der Waals surface area contributed by atoms with Crippen LogP contribution in [0.3, 0.4) is 0 Å². The zero-order valence-corrected chi connectivity index (χ0v) is 16.3. The van der Waals surface area contributed by atoms with Crippen LogP contribution in [0.25, 0.3) is 0 Å². The molecule has 2 atom stereocenters. The summed E-state index contributed by atoms with van der Waals surface area (Å²) in [4.78, 5) is 41.2. The first-order chi connectivity index (χ1) is 13.0. The lowest BCUT2D eigenvalue weighted by Crippen LogP contribution is -2.53. The fourth-order valence-corrected chi connectivity index (χ4v) is 5.77. The third kappa shape index (κ3) is 3.45. The molecule has 3 aliphatic heterocycles. The molecule has 3 fully saturated rings.